The molecule has 0 heterocycles. The van der Waals surface area contributed by atoms with Crippen LogP contribution in [-0.2, 0) is 4.57 Å². The summed E-state index contributed by atoms with van der Waals surface area (Å²) in [5.41, 5.74) is 0. The zero-order chi connectivity index (χ0) is 11.0. The molecule has 84 valence electrons. The summed E-state index contributed by atoms with van der Waals surface area (Å²) in [5, 5.41) is 0. The van der Waals surface area contributed by atoms with Gasteiger partial charge in [0.15, 0.2) is 0 Å². The van der Waals surface area contributed by atoms with Gasteiger partial charge >= 0.3 is 7.60 Å². The summed E-state index contributed by atoms with van der Waals surface area (Å²) in [6.45, 7) is 8.19. The van der Waals surface area contributed by atoms with E-state index in [1.807, 2.05) is 6.08 Å². The zero-order valence-electron chi connectivity index (χ0n) is 8.72. The van der Waals surface area contributed by atoms with Crippen molar-refractivity contribution in [2.75, 3.05) is 25.8 Å². The van der Waals surface area contributed by atoms with Crippen LogP contribution >= 0.6 is 7.60 Å². The number of hydrogen-bond acceptors (Lipinski definition) is 2. The summed E-state index contributed by atoms with van der Waals surface area (Å²) < 4.78 is 10.6. The van der Waals surface area contributed by atoms with Crippen LogP contribution in [0.2, 0.25) is 0 Å². The highest BCUT2D eigenvalue weighted by molar-refractivity contribution is 7.51. The van der Waals surface area contributed by atoms with E-state index in [4.69, 9.17) is 9.79 Å². The molecule has 0 aromatic heterocycles. The van der Waals surface area contributed by atoms with Crippen molar-refractivity contribution in [3.63, 3.8) is 0 Å². The lowest BCUT2D eigenvalue weighted by molar-refractivity contribution is 0.299. The third kappa shape index (κ3) is 8.45. The van der Waals surface area contributed by atoms with Crippen LogP contribution in [0.25, 0.3) is 0 Å². The second kappa shape index (κ2) is 7.18. The van der Waals surface area contributed by atoms with Gasteiger partial charge < -0.3 is 9.79 Å². The molecular weight excluding hydrogens is 201 g/mol. The lowest BCUT2D eigenvalue weighted by atomic mass is 10.3. The van der Waals surface area contributed by atoms with Crippen molar-refractivity contribution in [1.82, 2.24) is 4.90 Å². The number of nitrogens with zero attached hydrogens (tertiary/aromatic N) is 1. The highest BCUT2D eigenvalue weighted by Crippen LogP contribution is 2.34. The molecule has 4 nitrogen and oxygen atoms in total. The van der Waals surface area contributed by atoms with Gasteiger partial charge in [0.1, 0.15) is 0 Å². The molecule has 0 aliphatic rings. The molecule has 0 radical (unpaired) electrons. The maximum Gasteiger partial charge on any atom is 0.325 e. The topological polar surface area (TPSA) is 60.8 Å². The predicted octanol–water partition coefficient (Wildman–Crippen LogP) is 1.45. The van der Waals surface area contributed by atoms with Gasteiger partial charge in [-0.2, -0.15) is 0 Å². The fourth-order valence-corrected chi connectivity index (χ4v) is 1.85. The molecule has 0 saturated carbocycles. The molecule has 0 aliphatic carbocycles. The molecule has 0 saturated heterocycles. The van der Waals surface area contributed by atoms with E-state index in [9.17, 15) is 4.57 Å². The van der Waals surface area contributed by atoms with Gasteiger partial charge in [-0.1, -0.05) is 13.0 Å². The standard InChI is InChI=1S/C9H20NO3P/c1-3-6-10(7-4-2)8-5-9-14(11,12)13/h3H,1,4-9H2,2H3,(H2,11,12,13). The van der Waals surface area contributed by atoms with Crippen molar-refractivity contribution in [3.05, 3.63) is 12.7 Å². The Hall–Kier alpha value is -0.150. The predicted molar refractivity (Wildman–Crippen MR) is 58.5 cm³/mol. The molecule has 0 unspecified atom stereocenters. The van der Waals surface area contributed by atoms with Crippen molar-refractivity contribution in [3.8, 4) is 0 Å². The van der Waals surface area contributed by atoms with Gasteiger partial charge in [0.05, 0.1) is 6.16 Å². The molecule has 0 spiro atoms. The van der Waals surface area contributed by atoms with Gasteiger partial charge in [-0.25, -0.2) is 0 Å². The highest BCUT2D eigenvalue weighted by atomic mass is 31.2. The summed E-state index contributed by atoms with van der Waals surface area (Å²) in [6, 6.07) is 0. The summed E-state index contributed by atoms with van der Waals surface area (Å²) in [7, 11) is -3.81. The Bertz CT molecular complexity index is 202. The fourth-order valence-electron chi connectivity index (χ4n) is 1.29. The lowest BCUT2D eigenvalue weighted by Crippen LogP contribution is -2.26. The first kappa shape index (κ1) is 13.8. The molecule has 0 rings (SSSR count). The first-order valence-corrected chi connectivity index (χ1v) is 6.67. The Kier molecular flexibility index (Phi) is 7.11. The smallest absolute Gasteiger partial charge is 0.324 e. The molecule has 0 aromatic rings. The molecule has 0 aliphatic heterocycles. The Labute approximate surface area is 85.8 Å². The second-order valence-corrected chi connectivity index (χ2v) is 5.11. The maximum atomic E-state index is 10.6. The third-order valence-electron chi connectivity index (χ3n) is 1.85. The normalized spacial score (nSPS) is 12.0. The average molecular weight is 221 g/mol. The molecule has 0 fully saturated rings. The fraction of sp³-hybridized carbons (Fsp3) is 0.778. The Morgan fingerprint density at radius 2 is 2.07 bits per heavy atom. The van der Waals surface area contributed by atoms with Crippen molar-refractivity contribution in [1.29, 1.82) is 0 Å². The first-order chi connectivity index (χ1) is 6.49. The van der Waals surface area contributed by atoms with Crippen LogP contribution in [-0.4, -0.2) is 40.5 Å². The van der Waals surface area contributed by atoms with Crippen LogP contribution in [0.15, 0.2) is 12.7 Å². The van der Waals surface area contributed by atoms with Crippen LogP contribution in [0.4, 0.5) is 0 Å². The number of rotatable bonds is 8. The van der Waals surface area contributed by atoms with Gasteiger partial charge in [0, 0.05) is 6.54 Å². The van der Waals surface area contributed by atoms with E-state index in [2.05, 4.69) is 18.4 Å². The van der Waals surface area contributed by atoms with E-state index in [0.717, 1.165) is 26.1 Å². The van der Waals surface area contributed by atoms with Crippen LogP contribution in [0.1, 0.15) is 19.8 Å². The highest BCUT2D eigenvalue weighted by Gasteiger charge is 2.12. The van der Waals surface area contributed by atoms with Crippen LogP contribution in [0.3, 0.4) is 0 Å². The summed E-state index contributed by atoms with van der Waals surface area (Å²) in [4.78, 5) is 19.5. The molecular formula is C9H20NO3P. The van der Waals surface area contributed by atoms with Gasteiger partial charge in [-0.3, -0.25) is 9.46 Å². The first-order valence-electron chi connectivity index (χ1n) is 4.87. The molecule has 0 bridgehead atoms. The molecule has 14 heavy (non-hydrogen) atoms. The number of hydrogen-bond donors (Lipinski definition) is 2. The van der Waals surface area contributed by atoms with Crippen LogP contribution < -0.4 is 0 Å². The minimum atomic E-state index is -3.81. The monoisotopic (exact) mass is 221 g/mol. The van der Waals surface area contributed by atoms with Gasteiger partial charge in [-0.15, -0.1) is 6.58 Å². The minimum absolute atomic E-state index is 0.0235. The van der Waals surface area contributed by atoms with E-state index in [1.54, 1.807) is 0 Å². The Morgan fingerprint density at radius 1 is 1.43 bits per heavy atom. The van der Waals surface area contributed by atoms with E-state index in [-0.39, 0.29) is 6.16 Å². The third-order valence-corrected chi connectivity index (χ3v) is 2.75. The van der Waals surface area contributed by atoms with Gasteiger partial charge in [0.25, 0.3) is 0 Å². The van der Waals surface area contributed by atoms with Crippen molar-refractivity contribution >= 4 is 7.60 Å². The van der Waals surface area contributed by atoms with E-state index >= 15 is 0 Å². The van der Waals surface area contributed by atoms with Gasteiger partial charge in [-0.05, 0) is 25.9 Å². The second-order valence-electron chi connectivity index (χ2n) is 3.33. The van der Waals surface area contributed by atoms with Crippen LogP contribution in [0.5, 0.6) is 0 Å². The average Bonchev–Trinajstić information content (AvgIpc) is 2.02. The molecule has 0 atom stereocenters. The quantitative estimate of drug-likeness (QED) is 0.481. The zero-order valence-corrected chi connectivity index (χ0v) is 9.62. The summed E-state index contributed by atoms with van der Waals surface area (Å²) in [6.07, 6.45) is 3.37. The van der Waals surface area contributed by atoms with E-state index < -0.39 is 7.60 Å². The molecule has 2 N–H and O–H groups in total. The van der Waals surface area contributed by atoms with Crippen molar-refractivity contribution < 1.29 is 14.4 Å². The minimum Gasteiger partial charge on any atom is -0.324 e. The lowest BCUT2D eigenvalue weighted by Gasteiger charge is -2.19. The summed E-state index contributed by atoms with van der Waals surface area (Å²) >= 11 is 0. The SMILES string of the molecule is C=CCN(CCC)CCCP(=O)(O)O. The van der Waals surface area contributed by atoms with E-state index in [0.29, 0.717) is 6.42 Å². The Morgan fingerprint density at radius 3 is 2.50 bits per heavy atom. The largest absolute Gasteiger partial charge is 0.325 e. The molecule has 0 amide bonds. The van der Waals surface area contributed by atoms with E-state index in [1.165, 1.54) is 0 Å². The molecule has 5 heteroatoms. The summed E-state index contributed by atoms with van der Waals surface area (Å²) in [5.74, 6) is 0. The maximum absolute atomic E-state index is 10.6. The van der Waals surface area contributed by atoms with Crippen LogP contribution in [0, 0.1) is 0 Å². The molecule has 0 aromatic carbocycles. The van der Waals surface area contributed by atoms with Crippen molar-refractivity contribution in [2.24, 2.45) is 0 Å². The van der Waals surface area contributed by atoms with Gasteiger partial charge in [0.2, 0.25) is 0 Å². The van der Waals surface area contributed by atoms with Crippen molar-refractivity contribution in [2.45, 2.75) is 19.8 Å². The Balaban J connectivity index is 3.70.